The predicted octanol–water partition coefficient (Wildman–Crippen LogP) is 4.11. The van der Waals surface area contributed by atoms with Crippen molar-refractivity contribution in [1.82, 2.24) is 9.78 Å². The number of benzene rings is 1. The van der Waals surface area contributed by atoms with Crippen molar-refractivity contribution >= 4 is 12.0 Å². The van der Waals surface area contributed by atoms with Gasteiger partial charge in [-0.3, -0.25) is 0 Å². The summed E-state index contributed by atoms with van der Waals surface area (Å²) in [5.41, 5.74) is 1.02. The van der Waals surface area contributed by atoms with Crippen LogP contribution in [0.1, 0.15) is 36.6 Å². The van der Waals surface area contributed by atoms with Crippen LogP contribution in [0.25, 0.3) is 11.8 Å². The maximum atomic E-state index is 12.6. The summed E-state index contributed by atoms with van der Waals surface area (Å²) in [4.78, 5) is 10.6. The number of alkyl halides is 3. The van der Waals surface area contributed by atoms with Crippen molar-refractivity contribution in [3.63, 3.8) is 0 Å². The molecule has 0 aliphatic carbocycles. The van der Waals surface area contributed by atoms with Gasteiger partial charge in [0.15, 0.2) is 0 Å². The summed E-state index contributed by atoms with van der Waals surface area (Å²) in [6.45, 7) is 3.80. The number of aromatic nitrogens is 2. The minimum atomic E-state index is -4.39. The van der Waals surface area contributed by atoms with Gasteiger partial charge in [0.2, 0.25) is 0 Å². The highest BCUT2D eigenvalue weighted by Gasteiger charge is 2.30. The fourth-order valence-corrected chi connectivity index (χ4v) is 2.07. The second-order valence-electron chi connectivity index (χ2n) is 5.29. The number of carboxylic acid groups (broad SMARTS) is 1. The average molecular weight is 324 g/mol. The number of hydrogen-bond acceptors (Lipinski definition) is 2. The first kappa shape index (κ1) is 16.8. The molecule has 4 nitrogen and oxygen atoms in total. The zero-order valence-corrected chi connectivity index (χ0v) is 12.5. The molecular formula is C16H15F3N2O2. The lowest BCUT2D eigenvalue weighted by Gasteiger charge is -2.07. The Morgan fingerprint density at radius 3 is 2.35 bits per heavy atom. The number of aliphatic carboxylic acids is 1. The van der Waals surface area contributed by atoms with E-state index in [9.17, 15) is 18.0 Å². The maximum Gasteiger partial charge on any atom is 0.416 e. The van der Waals surface area contributed by atoms with Crippen LogP contribution in [0.2, 0.25) is 0 Å². The van der Waals surface area contributed by atoms with E-state index < -0.39 is 17.7 Å². The van der Waals surface area contributed by atoms with Crippen LogP contribution in [0.4, 0.5) is 13.2 Å². The van der Waals surface area contributed by atoms with Crippen molar-refractivity contribution in [3.05, 3.63) is 53.4 Å². The van der Waals surface area contributed by atoms with Gasteiger partial charge in [-0.15, -0.1) is 0 Å². The third-order valence-electron chi connectivity index (χ3n) is 3.18. The Balaban J connectivity index is 2.40. The van der Waals surface area contributed by atoms with Crippen molar-refractivity contribution in [2.75, 3.05) is 0 Å². The van der Waals surface area contributed by atoms with Gasteiger partial charge in [-0.05, 0) is 36.3 Å². The van der Waals surface area contributed by atoms with E-state index in [0.717, 1.165) is 18.2 Å². The minimum absolute atomic E-state index is 0.0409. The normalized spacial score (nSPS) is 12.3. The highest BCUT2D eigenvalue weighted by molar-refractivity contribution is 5.85. The molecule has 1 aromatic heterocycles. The standard InChI is InChI=1S/C16H15F3N2O2/c1-10(2)15-11(3-8-14(22)23)9-21(20-15)13-6-4-12(5-7-13)16(17,18)19/h3-10H,1-2H3,(H,22,23). The zero-order valence-electron chi connectivity index (χ0n) is 12.5. The number of halogens is 3. The number of carboxylic acids is 1. The Labute approximate surface area is 130 Å². The summed E-state index contributed by atoms with van der Waals surface area (Å²) in [7, 11) is 0. The second-order valence-corrected chi connectivity index (χ2v) is 5.29. The molecule has 0 unspecified atom stereocenters. The van der Waals surface area contributed by atoms with E-state index in [0.29, 0.717) is 16.9 Å². The van der Waals surface area contributed by atoms with Crippen LogP contribution in [0.3, 0.4) is 0 Å². The van der Waals surface area contributed by atoms with Gasteiger partial charge in [0.1, 0.15) is 0 Å². The van der Waals surface area contributed by atoms with Crippen molar-refractivity contribution in [1.29, 1.82) is 0 Å². The predicted molar refractivity (Wildman–Crippen MR) is 79.3 cm³/mol. The second kappa shape index (κ2) is 6.28. The molecule has 0 saturated heterocycles. The van der Waals surface area contributed by atoms with Crippen LogP contribution >= 0.6 is 0 Å². The average Bonchev–Trinajstić information content (AvgIpc) is 2.88. The van der Waals surface area contributed by atoms with E-state index in [4.69, 9.17) is 5.11 Å². The van der Waals surface area contributed by atoms with E-state index in [1.165, 1.54) is 22.9 Å². The lowest BCUT2D eigenvalue weighted by atomic mass is 10.1. The molecule has 0 saturated carbocycles. The molecule has 0 bridgehead atoms. The summed E-state index contributed by atoms with van der Waals surface area (Å²) >= 11 is 0. The Morgan fingerprint density at radius 1 is 1.26 bits per heavy atom. The Bertz CT molecular complexity index is 729. The van der Waals surface area contributed by atoms with Crippen LogP contribution < -0.4 is 0 Å². The first-order chi connectivity index (χ1) is 10.7. The molecule has 2 rings (SSSR count). The molecule has 23 heavy (non-hydrogen) atoms. The van der Waals surface area contributed by atoms with Crippen LogP contribution in [0, 0.1) is 0 Å². The van der Waals surface area contributed by atoms with Crippen LogP contribution in [0.15, 0.2) is 36.5 Å². The lowest BCUT2D eigenvalue weighted by Crippen LogP contribution is -2.05. The Hall–Kier alpha value is -2.57. The summed E-state index contributed by atoms with van der Waals surface area (Å²) in [5.74, 6) is -1.04. The van der Waals surface area contributed by atoms with E-state index in [2.05, 4.69) is 5.10 Å². The van der Waals surface area contributed by atoms with Crippen LogP contribution in [0.5, 0.6) is 0 Å². The monoisotopic (exact) mass is 324 g/mol. The number of nitrogens with zero attached hydrogens (tertiary/aromatic N) is 2. The van der Waals surface area contributed by atoms with Crippen LogP contribution in [-0.2, 0) is 11.0 Å². The van der Waals surface area contributed by atoms with Gasteiger partial charge in [0.05, 0.1) is 16.9 Å². The van der Waals surface area contributed by atoms with Gasteiger partial charge in [-0.2, -0.15) is 18.3 Å². The Morgan fingerprint density at radius 2 is 1.87 bits per heavy atom. The molecule has 0 radical (unpaired) electrons. The third-order valence-corrected chi connectivity index (χ3v) is 3.18. The number of carbonyl (C=O) groups is 1. The smallest absolute Gasteiger partial charge is 0.416 e. The first-order valence-electron chi connectivity index (χ1n) is 6.86. The number of rotatable bonds is 4. The van der Waals surface area contributed by atoms with Gasteiger partial charge < -0.3 is 5.11 Å². The molecule has 7 heteroatoms. The van der Waals surface area contributed by atoms with Gasteiger partial charge in [0.25, 0.3) is 0 Å². The van der Waals surface area contributed by atoms with Crippen molar-refractivity contribution in [2.45, 2.75) is 25.9 Å². The van der Waals surface area contributed by atoms with Crippen LogP contribution in [-0.4, -0.2) is 20.9 Å². The fraction of sp³-hybridized carbons (Fsp3) is 0.250. The first-order valence-corrected chi connectivity index (χ1v) is 6.86. The molecule has 0 amide bonds. The summed E-state index contributed by atoms with van der Waals surface area (Å²) in [6.07, 6.45) is -0.371. The van der Waals surface area contributed by atoms with Gasteiger partial charge in [-0.25, -0.2) is 9.48 Å². The molecule has 0 fully saturated rings. The van der Waals surface area contributed by atoms with Gasteiger partial charge in [0, 0.05) is 17.8 Å². The van der Waals surface area contributed by atoms with E-state index >= 15 is 0 Å². The quantitative estimate of drug-likeness (QED) is 0.861. The zero-order chi connectivity index (χ0) is 17.2. The van der Waals surface area contributed by atoms with Crippen molar-refractivity contribution in [3.8, 4) is 5.69 Å². The van der Waals surface area contributed by atoms with Gasteiger partial charge in [-0.1, -0.05) is 13.8 Å². The molecule has 0 spiro atoms. The maximum absolute atomic E-state index is 12.6. The van der Waals surface area contributed by atoms with Gasteiger partial charge >= 0.3 is 12.1 Å². The molecule has 122 valence electrons. The van der Waals surface area contributed by atoms with E-state index in [1.807, 2.05) is 13.8 Å². The minimum Gasteiger partial charge on any atom is -0.478 e. The highest BCUT2D eigenvalue weighted by atomic mass is 19.4. The summed E-state index contributed by atoms with van der Waals surface area (Å²) < 4.78 is 39.2. The molecule has 2 aromatic rings. The SMILES string of the molecule is CC(C)c1nn(-c2ccc(C(F)(F)F)cc2)cc1C=CC(=O)O. The molecule has 0 aliphatic rings. The molecule has 0 aliphatic heterocycles. The fourth-order valence-electron chi connectivity index (χ4n) is 2.07. The third kappa shape index (κ3) is 4.00. The largest absolute Gasteiger partial charge is 0.478 e. The lowest BCUT2D eigenvalue weighted by molar-refractivity contribution is -0.137. The van der Waals surface area contributed by atoms with E-state index in [-0.39, 0.29) is 5.92 Å². The molecule has 0 atom stereocenters. The highest BCUT2D eigenvalue weighted by Crippen LogP contribution is 2.30. The molecule has 1 heterocycles. The number of hydrogen-bond donors (Lipinski definition) is 1. The Kier molecular flexibility index (Phi) is 4.58. The molecular weight excluding hydrogens is 309 g/mol. The summed E-state index contributed by atoms with van der Waals surface area (Å²) in [6, 6.07) is 4.62. The van der Waals surface area contributed by atoms with Crippen molar-refractivity contribution in [2.24, 2.45) is 0 Å². The van der Waals surface area contributed by atoms with E-state index in [1.54, 1.807) is 6.20 Å². The molecule has 1 N–H and O–H groups in total. The topological polar surface area (TPSA) is 55.1 Å². The summed E-state index contributed by atoms with van der Waals surface area (Å²) in [5, 5.41) is 13.1. The molecule has 1 aromatic carbocycles. The van der Waals surface area contributed by atoms with Crippen molar-refractivity contribution < 1.29 is 23.1 Å².